The molecule has 0 unspecified atom stereocenters. The summed E-state index contributed by atoms with van der Waals surface area (Å²) in [5.74, 6) is -0.741. The first-order valence-electron chi connectivity index (χ1n) is 11.2. The summed E-state index contributed by atoms with van der Waals surface area (Å²) in [5.41, 5.74) is -2.00. The van der Waals surface area contributed by atoms with Crippen LogP contribution in [-0.2, 0) is 9.31 Å². The van der Waals surface area contributed by atoms with E-state index in [-0.39, 0.29) is 5.46 Å². The molecule has 2 aromatic rings. The molecule has 0 N–H and O–H groups in total. The molecule has 5 nitrogen and oxygen atoms in total. The van der Waals surface area contributed by atoms with E-state index in [4.69, 9.17) is 26.4 Å². The summed E-state index contributed by atoms with van der Waals surface area (Å²) in [7, 11) is -4.10. The Kier molecular flexibility index (Phi) is 1.79. The maximum absolute atomic E-state index is 8.49. The molecule has 0 amide bonds. The van der Waals surface area contributed by atoms with Crippen molar-refractivity contribution in [2.75, 3.05) is 7.04 Å². The van der Waals surface area contributed by atoms with Crippen LogP contribution in [0.4, 0.5) is 0 Å². The van der Waals surface area contributed by atoms with E-state index in [0.29, 0.717) is 0 Å². The van der Waals surface area contributed by atoms with Gasteiger partial charge in [-0.3, -0.25) is 0 Å². The fourth-order valence-corrected chi connectivity index (χ4v) is 1.91. The van der Waals surface area contributed by atoms with Crippen LogP contribution in [-0.4, -0.2) is 35.1 Å². The standard InChI is InChI=1S/C16H21BN2O3/c1-15(2)16(3,4)22-17(21-15)12-10-18-19(11-12)13-7-6-8-14(9-13)20-5/h6-11H,1-5H3/i5D3,6D,7D,8D,9D,10D,11D. The first-order chi connectivity index (χ1) is 14.0. The Morgan fingerprint density at radius 2 is 2.00 bits per heavy atom. The zero-order valence-corrected chi connectivity index (χ0v) is 12.7. The minimum absolute atomic E-state index is 0.0442. The van der Waals surface area contributed by atoms with Crippen molar-refractivity contribution in [1.29, 1.82) is 0 Å². The molecule has 0 spiro atoms. The SMILES string of the molecule is [2H]c1nn(-c2c([2H])c([2H])c([2H])c(OC([2H])([2H])[2H])c2[2H])c([2H])c1B1OC(C)(C)C(C)(C)O1. The molecule has 2 heterocycles. The zero-order valence-electron chi connectivity index (χ0n) is 21.7. The fraction of sp³-hybridized carbons (Fsp3) is 0.438. The Balaban J connectivity index is 2.19. The van der Waals surface area contributed by atoms with Gasteiger partial charge in [0.2, 0.25) is 0 Å². The molecule has 1 saturated heterocycles. The predicted molar refractivity (Wildman–Crippen MR) is 85.8 cm³/mol. The average molecular weight is 309 g/mol. The normalized spacial score (nSPS) is 25.8. The van der Waals surface area contributed by atoms with Gasteiger partial charge in [0.05, 0.1) is 36.3 Å². The van der Waals surface area contributed by atoms with E-state index in [1.807, 2.05) is 0 Å². The van der Waals surface area contributed by atoms with E-state index in [2.05, 4.69) is 5.10 Å². The fourth-order valence-electron chi connectivity index (χ4n) is 1.91. The molecular weight excluding hydrogens is 279 g/mol. The zero-order chi connectivity index (χ0) is 23.7. The number of ether oxygens (including phenoxy) is 1. The summed E-state index contributed by atoms with van der Waals surface area (Å²) in [6.45, 7) is 7.19. The molecule has 0 radical (unpaired) electrons. The van der Waals surface area contributed by atoms with E-state index in [9.17, 15) is 0 Å². The van der Waals surface area contributed by atoms with Gasteiger partial charge in [0.15, 0.2) is 0 Å². The van der Waals surface area contributed by atoms with Gasteiger partial charge in [0.1, 0.15) is 5.75 Å². The van der Waals surface area contributed by atoms with Crippen molar-refractivity contribution in [3.63, 3.8) is 0 Å². The van der Waals surface area contributed by atoms with Gasteiger partial charge in [-0.15, -0.1) is 0 Å². The Labute approximate surface area is 144 Å². The van der Waals surface area contributed by atoms with Crippen molar-refractivity contribution in [2.45, 2.75) is 38.9 Å². The first-order valence-corrected chi connectivity index (χ1v) is 6.70. The summed E-state index contributed by atoms with van der Waals surface area (Å²) in [6, 6.07) is -2.79. The number of rotatable bonds is 3. The molecule has 0 bridgehead atoms. The van der Waals surface area contributed by atoms with Gasteiger partial charge < -0.3 is 14.0 Å². The van der Waals surface area contributed by atoms with Crippen LogP contribution >= 0.6 is 0 Å². The molecule has 6 heteroatoms. The minimum atomic E-state index is -3.00. The third kappa shape index (κ3) is 2.53. The summed E-state index contributed by atoms with van der Waals surface area (Å²) in [6.07, 6.45) is -0.829. The van der Waals surface area contributed by atoms with Crippen LogP contribution in [0.3, 0.4) is 0 Å². The molecule has 0 aliphatic carbocycles. The lowest BCUT2D eigenvalue weighted by atomic mass is 9.82. The van der Waals surface area contributed by atoms with Gasteiger partial charge in [0.25, 0.3) is 0 Å². The van der Waals surface area contributed by atoms with Crippen LogP contribution in [0.1, 0.15) is 40.0 Å². The van der Waals surface area contributed by atoms with Crippen molar-refractivity contribution in [1.82, 2.24) is 9.78 Å². The van der Waals surface area contributed by atoms with Crippen LogP contribution in [0.2, 0.25) is 0 Å². The highest BCUT2D eigenvalue weighted by Crippen LogP contribution is 2.36. The van der Waals surface area contributed by atoms with Gasteiger partial charge in [0, 0.05) is 23.9 Å². The second kappa shape index (κ2) is 5.14. The van der Waals surface area contributed by atoms with Crippen molar-refractivity contribution >= 4 is 12.6 Å². The van der Waals surface area contributed by atoms with Gasteiger partial charge in [-0.2, -0.15) is 5.10 Å². The lowest BCUT2D eigenvalue weighted by Gasteiger charge is -2.32. The Morgan fingerprint density at radius 1 is 1.27 bits per heavy atom. The van der Waals surface area contributed by atoms with E-state index in [1.54, 1.807) is 27.7 Å². The summed E-state index contributed by atoms with van der Waals surface area (Å²) in [5, 5.41) is 3.91. The van der Waals surface area contributed by atoms with Crippen LogP contribution in [0.25, 0.3) is 5.69 Å². The van der Waals surface area contributed by atoms with E-state index < -0.39 is 73.3 Å². The molecule has 1 aromatic carbocycles. The highest BCUT2D eigenvalue weighted by molar-refractivity contribution is 6.62. The van der Waals surface area contributed by atoms with Crippen LogP contribution < -0.4 is 10.2 Å². The number of benzene rings is 1. The average Bonchev–Trinajstić information content (AvgIpc) is 3.00. The van der Waals surface area contributed by atoms with E-state index in [1.165, 1.54) is 0 Å². The number of methoxy groups -OCH3 is 1. The molecule has 1 aliphatic rings. The molecule has 0 atom stereocenters. The van der Waals surface area contributed by atoms with Crippen molar-refractivity contribution in [3.8, 4) is 11.4 Å². The van der Waals surface area contributed by atoms with Crippen molar-refractivity contribution in [2.24, 2.45) is 0 Å². The summed E-state index contributed by atoms with van der Waals surface area (Å²) < 4.78 is 88.0. The van der Waals surface area contributed by atoms with Crippen molar-refractivity contribution in [3.05, 3.63) is 36.5 Å². The maximum Gasteiger partial charge on any atom is 0.498 e. The molecule has 1 aliphatic heterocycles. The quantitative estimate of drug-likeness (QED) is 0.815. The highest BCUT2D eigenvalue weighted by Gasteiger charge is 2.52. The second-order valence-corrected chi connectivity index (χ2v) is 5.92. The van der Waals surface area contributed by atoms with Crippen LogP contribution in [0, 0.1) is 0 Å². The molecule has 3 rings (SSSR count). The van der Waals surface area contributed by atoms with E-state index in [0.717, 1.165) is 4.68 Å². The molecule has 1 aromatic heterocycles. The highest BCUT2D eigenvalue weighted by atomic mass is 16.7. The van der Waals surface area contributed by atoms with Crippen molar-refractivity contribution < 1.29 is 26.4 Å². The second-order valence-electron chi connectivity index (χ2n) is 5.92. The number of nitrogens with zero attached hydrogens (tertiary/aromatic N) is 2. The smallest absolute Gasteiger partial charge is 0.497 e. The van der Waals surface area contributed by atoms with Crippen LogP contribution in [0.15, 0.2) is 36.5 Å². The van der Waals surface area contributed by atoms with E-state index >= 15 is 0 Å². The number of aromatic nitrogens is 2. The molecule has 116 valence electrons. The lowest BCUT2D eigenvalue weighted by Crippen LogP contribution is -2.41. The largest absolute Gasteiger partial charge is 0.498 e. The topological polar surface area (TPSA) is 45.5 Å². The van der Waals surface area contributed by atoms with Crippen LogP contribution in [0.5, 0.6) is 5.75 Å². The maximum atomic E-state index is 8.49. The summed E-state index contributed by atoms with van der Waals surface area (Å²) >= 11 is 0. The molecule has 0 saturated carbocycles. The third-order valence-corrected chi connectivity index (χ3v) is 3.89. The number of hydrogen-bond acceptors (Lipinski definition) is 4. The molecule has 1 fully saturated rings. The Hall–Kier alpha value is -1.79. The molecule has 22 heavy (non-hydrogen) atoms. The minimum Gasteiger partial charge on any atom is -0.497 e. The van der Waals surface area contributed by atoms with Gasteiger partial charge in [-0.1, -0.05) is 6.04 Å². The Bertz CT molecular complexity index is 1040. The lowest BCUT2D eigenvalue weighted by molar-refractivity contribution is 0.00578. The van der Waals surface area contributed by atoms with Gasteiger partial charge in [-0.05, 0) is 39.8 Å². The number of hydrogen-bond donors (Lipinski definition) is 0. The predicted octanol–water partition coefficient (Wildman–Crippen LogP) is 2.18. The van der Waals surface area contributed by atoms with Gasteiger partial charge >= 0.3 is 7.12 Å². The summed E-state index contributed by atoms with van der Waals surface area (Å²) in [4.78, 5) is 0. The third-order valence-electron chi connectivity index (χ3n) is 3.89. The monoisotopic (exact) mass is 309 g/mol. The first kappa shape index (κ1) is 7.66. The van der Waals surface area contributed by atoms with Gasteiger partial charge in [-0.25, -0.2) is 4.68 Å². The molecular formula is C16H21BN2O3. The Morgan fingerprint density at radius 3 is 2.68 bits per heavy atom.